The number of halogens is 3. The summed E-state index contributed by atoms with van der Waals surface area (Å²) in [4.78, 5) is 2.14. The number of rotatable bonds is 3. The van der Waals surface area contributed by atoms with Crippen LogP contribution in [0.5, 0.6) is 5.75 Å². The van der Waals surface area contributed by atoms with Gasteiger partial charge in [-0.3, -0.25) is 0 Å². The SMILES string of the molecule is Cc1cc(C(F)(F)F)cc(O)c1-c1cc2c(nn1)N(C[C@H]1CCCO1)CC2. The van der Waals surface area contributed by atoms with Crippen LogP contribution in [0.25, 0.3) is 11.3 Å². The summed E-state index contributed by atoms with van der Waals surface area (Å²) in [5.41, 5.74) is 1.09. The molecule has 27 heavy (non-hydrogen) atoms. The number of anilines is 1. The lowest BCUT2D eigenvalue weighted by Crippen LogP contribution is -2.31. The van der Waals surface area contributed by atoms with Crippen molar-refractivity contribution in [3.63, 3.8) is 0 Å². The fourth-order valence-electron chi connectivity index (χ4n) is 3.84. The number of alkyl halides is 3. The number of phenols is 1. The van der Waals surface area contributed by atoms with Gasteiger partial charge in [0.15, 0.2) is 5.82 Å². The normalized spacial score (nSPS) is 19.6. The maximum absolute atomic E-state index is 12.9. The Labute approximate surface area is 154 Å². The van der Waals surface area contributed by atoms with Crippen molar-refractivity contribution in [2.24, 2.45) is 0 Å². The van der Waals surface area contributed by atoms with Gasteiger partial charge >= 0.3 is 6.18 Å². The van der Waals surface area contributed by atoms with Gasteiger partial charge in [-0.1, -0.05) is 0 Å². The number of phenolic OH excluding ortho intramolecular Hbond substituents is 1. The Balaban J connectivity index is 1.63. The number of hydrogen-bond acceptors (Lipinski definition) is 5. The zero-order valence-corrected chi connectivity index (χ0v) is 14.9. The molecule has 1 atom stereocenters. The van der Waals surface area contributed by atoms with E-state index in [-0.39, 0.29) is 11.7 Å². The molecule has 2 aliphatic rings. The number of ether oxygens (including phenoxy) is 1. The summed E-state index contributed by atoms with van der Waals surface area (Å²) in [7, 11) is 0. The van der Waals surface area contributed by atoms with E-state index in [9.17, 15) is 18.3 Å². The molecule has 4 rings (SSSR count). The van der Waals surface area contributed by atoms with Crippen molar-refractivity contribution in [3.8, 4) is 17.0 Å². The average Bonchev–Trinajstić information content (AvgIpc) is 3.24. The molecule has 144 valence electrons. The minimum atomic E-state index is -4.51. The van der Waals surface area contributed by atoms with Gasteiger partial charge < -0.3 is 14.7 Å². The molecule has 0 amide bonds. The lowest BCUT2D eigenvalue weighted by Gasteiger charge is -2.21. The molecule has 1 N–H and O–H groups in total. The molecule has 0 radical (unpaired) electrons. The van der Waals surface area contributed by atoms with E-state index in [1.54, 1.807) is 0 Å². The van der Waals surface area contributed by atoms with Crippen LogP contribution in [-0.4, -0.2) is 41.1 Å². The second-order valence-electron chi connectivity index (χ2n) is 7.09. The number of aryl methyl sites for hydroxylation is 1. The van der Waals surface area contributed by atoms with E-state index in [0.717, 1.165) is 62.5 Å². The molecule has 3 heterocycles. The highest BCUT2D eigenvalue weighted by Crippen LogP contribution is 2.39. The molecule has 8 heteroatoms. The second kappa shape index (κ2) is 6.67. The maximum Gasteiger partial charge on any atom is 0.416 e. The summed E-state index contributed by atoms with van der Waals surface area (Å²) in [5.74, 6) is 0.351. The van der Waals surface area contributed by atoms with Crippen molar-refractivity contribution < 1.29 is 23.0 Å². The molecule has 1 fully saturated rings. The minimum Gasteiger partial charge on any atom is -0.507 e. The lowest BCUT2D eigenvalue weighted by atomic mass is 9.99. The van der Waals surface area contributed by atoms with E-state index >= 15 is 0 Å². The summed E-state index contributed by atoms with van der Waals surface area (Å²) >= 11 is 0. The van der Waals surface area contributed by atoms with Crippen LogP contribution in [0.1, 0.15) is 29.5 Å². The monoisotopic (exact) mass is 379 g/mol. The molecule has 1 aromatic heterocycles. The minimum absolute atomic E-state index is 0.207. The molecule has 1 saturated heterocycles. The maximum atomic E-state index is 12.9. The molecule has 2 aliphatic heterocycles. The Morgan fingerprint density at radius 3 is 2.74 bits per heavy atom. The molecule has 1 aromatic carbocycles. The van der Waals surface area contributed by atoms with Gasteiger partial charge in [0.05, 0.1) is 17.4 Å². The van der Waals surface area contributed by atoms with E-state index in [1.165, 1.54) is 6.92 Å². The van der Waals surface area contributed by atoms with Gasteiger partial charge in [0.25, 0.3) is 0 Å². The van der Waals surface area contributed by atoms with Crippen LogP contribution in [-0.2, 0) is 17.3 Å². The molecular formula is C19H20F3N3O2. The van der Waals surface area contributed by atoms with Crippen LogP contribution in [0.15, 0.2) is 18.2 Å². The zero-order chi connectivity index (χ0) is 19.2. The Morgan fingerprint density at radius 1 is 1.26 bits per heavy atom. The van der Waals surface area contributed by atoms with Gasteiger partial charge in [0.2, 0.25) is 0 Å². The van der Waals surface area contributed by atoms with Gasteiger partial charge in [0, 0.05) is 30.8 Å². The van der Waals surface area contributed by atoms with Crippen LogP contribution in [0, 0.1) is 6.92 Å². The van der Waals surface area contributed by atoms with Crippen molar-refractivity contribution in [1.29, 1.82) is 0 Å². The number of benzene rings is 1. The Bertz CT molecular complexity index is 841. The topological polar surface area (TPSA) is 58.5 Å². The largest absolute Gasteiger partial charge is 0.507 e. The van der Waals surface area contributed by atoms with E-state index in [2.05, 4.69) is 15.1 Å². The van der Waals surface area contributed by atoms with Crippen LogP contribution >= 0.6 is 0 Å². The van der Waals surface area contributed by atoms with Crippen LogP contribution in [0.2, 0.25) is 0 Å². The highest BCUT2D eigenvalue weighted by molar-refractivity contribution is 5.73. The molecule has 0 spiro atoms. The number of fused-ring (bicyclic) bond motifs is 1. The summed E-state index contributed by atoms with van der Waals surface area (Å²) in [6.07, 6.45) is -1.41. The number of hydrogen-bond donors (Lipinski definition) is 1. The van der Waals surface area contributed by atoms with Crippen molar-refractivity contribution in [3.05, 3.63) is 34.9 Å². The number of nitrogens with zero attached hydrogens (tertiary/aromatic N) is 3. The van der Waals surface area contributed by atoms with Gasteiger partial charge in [-0.25, -0.2) is 0 Å². The van der Waals surface area contributed by atoms with Gasteiger partial charge in [0.1, 0.15) is 5.75 Å². The second-order valence-corrected chi connectivity index (χ2v) is 7.09. The molecule has 2 aromatic rings. The smallest absolute Gasteiger partial charge is 0.416 e. The van der Waals surface area contributed by atoms with E-state index in [4.69, 9.17) is 4.74 Å². The molecule has 0 bridgehead atoms. The Kier molecular flexibility index (Phi) is 4.46. The average molecular weight is 379 g/mol. The van der Waals surface area contributed by atoms with Crippen molar-refractivity contribution in [1.82, 2.24) is 10.2 Å². The first-order chi connectivity index (χ1) is 12.8. The number of aromatic hydroxyl groups is 1. The molecule has 0 saturated carbocycles. The van der Waals surface area contributed by atoms with Crippen LogP contribution < -0.4 is 4.90 Å². The molecular weight excluding hydrogens is 359 g/mol. The predicted molar refractivity (Wildman–Crippen MR) is 93.8 cm³/mol. The molecule has 0 unspecified atom stereocenters. The first-order valence-electron chi connectivity index (χ1n) is 8.97. The lowest BCUT2D eigenvalue weighted by molar-refractivity contribution is -0.137. The first-order valence-corrected chi connectivity index (χ1v) is 8.97. The highest BCUT2D eigenvalue weighted by atomic mass is 19.4. The third-order valence-corrected chi connectivity index (χ3v) is 5.15. The third-order valence-electron chi connectivity index (χ3n) is 5.15. The van der Waals surface area contributed by atoms with E-state index < -0.39 is 17.5 Å². The molecule has 5 nitrogen and oxygen atoms in total. The quantitative estimate of drug-likeness (QED) is 0.881. The van der Waals surface area contributed by atoms with Crippen LogP contribution in [0.3, 0.4) is 0 Å². The summed E-state index contributed by atoms with van der Waals surface area (Å²) in [6.45, 7) is 3.91. The van der Waals surface area contributed by atoms with Crippen molar-refractivity contribution in [2.45, 2.75) is 38.5 Å². The first kappa shape index (κ1) is 18.0. The fraction of sp³-hybridized carbons (Fsp3) is 0.474. The van der Waals surface area contributed by atoms with Crippen molar-refractivity contribution >= 4 is 5.82 Å². The van der Waals surface area contributed by atoms with Gasteiger partial charge in [-0.15, -0.1) is 10.2 Å². The Hall–Kier alpha value is -2.35. The standard InChI is InChI=1S/C19H20F3N3O2/c1-11-7-13(19(20,21)22)9-16(26)17(11)15-8-12-4-5-25(18(12)24-23-15)10-14-3-2-6-27-14/h7-9,14,26H,2-6,10H2,1H3/t14-/m1/s1. The summed E-state index contributed by atoms with van der Waals surface area (Å²) in [5, 5.41) is 18.7. The predicted octanol–water partition coefficient (Wildman–Crippen LogP) is 3.72. The molecule has 0 aliphatic carbocycles. The third kappa shape index (κ3) is 3.45. The zero-order valence-electron chi connectivity index (χ0n) is 14.9. The fourth-order valence-corrected chi connectivity index (χ4v) is 3.84. The van der Waals surface area contributed by atoms with Crippen LogP contribution in [0.4, 0.5) is 19.0 Å². The number of aromatic nitrogens is 2. The summed E-state index contributed by atoms with van der Waals surface area (Å²) in [6, 6.07) is 3.57. The highest BCUT2D eigenvalue weighted by Gasteiger charge is 2.32. The van der Waals surface area contributed by atoms with E-state index in [1.807, 2.05) is 6.07 Å². The van der Waals surface area contributed by atoms with E-state index in [0.29, 0.717) is 11.3 Å². The van der Waals surface area contributed by atoms with Crippen molar-refractivity contribution in [2.75, 3.05) is 24.6 Å². The Morgan fingerprint density at radius 2 is 2.07 bits per heavy atom. The van der Waals surface area contributed by atoms with Gasteiger partial charge in [-0.2, -0.15) is 13.2 Å². The van der Waals surface area contributed by atoms with Gasteiger partial charge in [-0.05, 0) is 49.9 Å². The summed E-state index contributed by atoms with van der Waals surface area (Å²) < 4.78 is 44.4.